The third kappa shape index (κ3) is 3.74. The summed E-state index contributed by atoms with van der Waals surface area (Å²) in [5.41, 5.74) is 0. The highest BCUT2D eigenvalue weighted by Crippen LogP contribution is 2.18. The van der Waals surface area contributed by atoms with Gasteiger partial charge in [-0.2, -0.15) is 0 Å². The number of nitrogens with one attached hydrogen (secondary N) is 1. The third-order valence-corrected chi connectivity index (χ3v) is 4.49. The molecule has 0 spiro atoms. The van der Waals surface area contributed by atoms with E-state index in [4.69, 9.17) is 0 Å². The van der Waals surface area contributed by atoms with Crippen LogP contribution in [0, 0.1) is 6.92 Å². The zero-order chi connectivity index (χ0) is 13.8. The average Bonchev–Trinajstić information content (AvgIpc) is 2.98. The molecule has 0 saturated heterocycles. The van der Waals surface area contributed by atoms with Crippen LogP contribution in [0.5, 0.6) is 0 Å². The van der Waals surface area contributed by atoms with Gasteiger partial charge in [0.2, 0.25) is 5.13 Å². The Bertz CT molecular complexity index is 564. The number of amides is 2. The second-order valence-corrected chi connectivity index (χ2v) is 6.59. The fourth-order valence-corrected chi connectivity index (χ4v) is 3.12. The molecule has 2 aromatic rings. The molecule has 2 heterocycles. The number of hydrogen-bond acceptors (Lipinski definition) is 5. The molecule has 0 aliphatic carbocycles. The van der Waals surface area contributed by atoms with Gasteiger partial charge in [0.1, 0.15) is 5.01 Å². The smallest absolute Gasteiger partial charge is 0.322 e. The molecule has 1 N–H and O–H groups in total. The number of urea groups is 1. The van der Waals surface area contributed by atoms with E-state index in [1.54, 1.807) is 23.3 Å². The molecule has 5 nitrogen and oxygen atoms in total. The van der Waals surface area contributed by atoms with E-state index in [1.165, 1.54) is 21.1 Å². The summed E-state index contributed by atoms with van der Waals surface area (Å²) in [6, 6.07) is 3.94. The molecular formula is C12H16N4OS2. The van der Waals surface area contributed by atoms with Crippen LogP contribution in [-0.2, 0) is 13.0 Å². The Labute approximate surface area is 120 Å². The van der Waals surface area contributed by atoms with Gasteiger partial charge < -0.3 is 4.90 Å². The molecule has 0 saturated carbocycles. The number of aromatic nitrogens is 2. The van der Waals surface area contributed by atoms with E-state index in [0.717, 1.165) is 11.4 Å². The Hall–Kier alpha value is -1.47. The lowest BCUT2D eigenvalue weighted by molar-refractivity contribution is 0.221. The fraction of sp³-hybridized carbons (Fsp3) is 0.417. The topological polar surface area (TPSA) is 58.1 Å². The number of carbonyl (C=O) groups excluding carboxylic acids is 1. The molecule has 0 aromatic carbocycles. The molecule has 0 fully saturated rings. The number of nitrogens with zero attached hydrogens (tertiary/aromatic N) is 3. The van der Waals surface area contributed by atoms with E-state index in [2.05, 4.69) is 28.5 Å². The Balaban J connectivity index is 1.91. The minimum atomic E-state index is -0.162. The van der Waals surface area contributed by atoms with Crippen LogP contribution in [0.1, 0.15) is 21.7 Å². The SMILES string of the molecule is CCc1nnc(NC(=O)N(C)Cc2ccc(C)s2)s1. The molecule has 2 amide bonds. The predicted octanol–water partition coefficient (Wildman–Crippen LogP) is 3.13. The number of carbonyl (C=O) groups is 1. The molecule has 0 radical (unpaired) electrons. The van der Waals surface area contributed by atoms with Crippen molar-refractivity contribution >= 4 is 33.8 Å². The van der Waals surface area contributed by atoms with Crippen LogP contribution in [0.4, 0.5) is 9.93 Å². The molecular weight excluding hydrogens is 280 g/mol. The normalized spacial score (nSPS) is 10.5. The van der Waals surface area contributed by atoms with Crippen molar-refractivity contribution in [3.05, 3.63) is 26.9 Å². The molecule has 2 aromatic heterocycles. The van der Waals surface area contributed by atoms with Gasteiger partial charge in [-0.05, 0) is 25.5 Å². The first-order valence-electron chi connectivity index (χ1n) is 5.98. The molecule has 0 unspecified atom stereocenters. The summed E-state index contributed by atoms with van der Waals surface area (Å²) in [7, 11) is 1.77. The van der Waals surface area contributed by atoms with E-state index in [1.807, 2.05) is 13.0 Å². The zero-order valence-electron chi connectivity index (χ0n) is 11.1. The van der Waals surface area contributed by atoms with Crippen LogP contribution in [-0.4, -0.2) is 28.2 Å². The maximum Gasteiger partial charge on any atom is 0.323 e. The Morgan fingerprint density at radius 2 is 2.16 bits per heavy atom. The van der Waals surface area contributed by atoms with E-state index >= 15 is 0 Å². The predicted molar refractivity (Wildman–Crippen MR) is 78.8 cm³/mol. The minimum absolute atomic E-state index is 0.162. The van der Waals surface area contributed by atoms with Gasteiger partial charge >= 0.3 is 6.03 Å². The first-order valence-corrected chi connectivity index (χ1v) is 7.61. The summed E-state index contributed by atoms with van der Waals surface area (Å²) in [6.07, 6.45) is 0.831. The number of hydrogen-bond donors (Lipinski definition) is 1. The first kappa shape index (κ1) is 14.0. The summed E-state index contributed by atoms with van der Waals surface area (Å²) in [5.74, 6) is 0. The summed E-state index contributed by atoms with van der Waals surface area (Å²) < 4.78 is 0. The second kappa shape index (κ2) is 6.12. The maximum atomic E-state index is 12.0. The van der Waals surface area contributed by atoms with Crippen LogP contribution in [0.25, 0.3) is 0 Å². The summed E-state index contributed by atoms with van der Waals surface area (Å²) in [6.45, 7) is 4.67. The van der Waals surface area contributed by atoms with Crippen LogP contribution >= 0.6 is 22.7 Å². The van der Waals surface area contributed by atoms with Crippen molar-refractivity contribution in [3.63, 3.8) is 0 Å². The van der Waals surface area contributed by atoms with Crippen LogP contribution < -0.4 is 5.32 Å². The molecule has 0 bridgehead atoms. The lowest BCUT2D eigenvalue weighted by Gasteiger charge is -2.15. The minimum Gasteiger partial charge on any atom is -0.322 e. The van der Waals surface area contributed by atoms with Crippen molar-refractivity contribution in [2.45, 2.75) is 26.8 Å². The van der Waals surface area contributed by atoms with Gasteiger partial charge in [-0.25, -0.2) is 4.79 Å². The molecule has 2 rings (SSSR count). The second-order valence-electron chi connectivity index (χ2n) is 4.15. The number of anilines is 1. The van der Waals surface area contributed by atoms with Gasteiger partial charge in [0.05, 0.1) is 6.54 Å². The first-order chi connectivity index (χ1) is 9.08. The zero-order valence-corrected chi connectivity index (χ0v) is 12.8. The Kier molecular flexibility index (Phi) is 4.49. The molecule has 7 heteroatoms. The van der Waals surface area contributed by atoms with Crippen molar-refractivity contribution in [2.24, 2.45) is 0 Å². The van der Waals surface area contributed by atoms with Crippen LogP contribution in [0.15, 0.2) is 12.1 Å². The summed E-state index contributed by atoms with van der Waals surface area (Å²) >= 11 is 3.11. The largest absolute Gasteiger partial charge is 0.323 e. The van der Waals surface area contributed by atoms with E-state index in [9.17, 15) is 4.79 Å². The van der Waals surface area contributed by atoms with E-state index < -0.39 is 0 Å². The lowest BCUT2D eigenvalue weighted by atomic mass is 10.4. The highest BCUT2D eigenvalue weighted by atomic mass is 32.1. The number of rotatable bonds is 4. The standard InChI is InChI=1S/C12H16N4OS2/c1-4-10-14-15-11(19-10)13-12(17)16(3)7-9-6-5-8(2)18-9/h5-6H,4,7H2,1-3H3,(H,13,15,17). The third-order valence-electron chi connectivity index (χ3n) is 2.52. The highest BCUT2D eigenvalue weighted by Gasteiger charge is 2.12. The maximum absolute atomic E-state index is 12.0. The summed E-state index contributed by atoms with van der Waals surface area (Å²) in [4.78, 5) is 16.0. The van der Waals surface area contributed by atoms with Crippen LogP contribution in [0.3, 0.4) is 0 Å². The van der Waals surface area contributed by atoms with Gasteiger partial charge in [0, 0.05) is 16.8 Å². The quantitative estimate of drug-likeness (QED) is 0.943. The monoisotopic (exact) mass is 296 g/mol. The summed E-state index contributed by atoms with van der Waals surface area (Å²) in [5, 5.41) is 12.1. The number of thiophene rings is 1. The van der Waals surface area contributed by atoms with Crippen molar-refractivity contribution in [1.29, 1.82) is 0 Å². The average molecular weight is 296 g/mol. The van der Waals surface area contributed by atoms with Crippen molar-refractivity contribution < 1.29 is 4.79 Å². The molecule has 0 atom stereocenters. The number of aryl methyl sites for hydroxylation is 2. The van der Waals surface area contributed by atoms with Gasteiger partial charge in [-0.3, -0.25) is 5.32 Å². The fourth-order valence-electron chi connectivity index (χ4n) is 1.51. The molecule has 0 aliphatic heterocycles. The van der Waals surface area contributed by atoms with Crippen molar-refractivity contribution in [1.82, 2.24) is 15.1 Å². The Morgan fingerprint density at radius 3 is 2.74 bits per heavy atom. The molecule has 102 valence electrons. The van der Waals surface area contributed by atoms with Gasteiger partial charge in [0.25, 0.3) is 0 Å². The van der Waals surface area contributed by atoms with Crippen molar-refractivity contribution in [3.8, 4) is 0 Å². The highest BCUT2D eigenvalue weighted by molar-refractivity contribution is 7.15. The van der Waals surface area contributed by atoms with Gasteiger partial charge in [-0.1, -0.05) is 18.3 Å². The van der Waals surface area contributed by atoms with Crippen LogP contribution in [0.2, 0.25) is 0 Å². The Morgan fingerprint density at radius 1 is 1.37 bits per heavy atom. The van der Waals surface area contributed by atoms with Gasteiger partial charge in [-0.15, -0.1) is 21.5 Å². The molecule has 19 heavy (non-hydrogen) atoms. The van der Waals surface area contributed by atoms with E-state index in [-0.39, 0.29) is 6.03 Å². The molecule has 0 aliphatic rings. The van der Waals surface area contributed by atoms with Gasteiger partial charge in [0.15, 0.2) is 0 Å². The van der Waals surface area contributed by atoms with E-state index in [0.29, 0.717) is 11.7 Å². The lowest BCUT2D eigenvalue weighted by Crippen LogP contribution is -2.30. The van der Waals surface area contributed by atoms with Crippen molar-refractivity contribution in [2.75, 3.05) is 12.4 Å².